The van der Waals surface area contributed by atoms with Gasteiger partial charge in [-0.25, -0.2) is 9.97 Å². The minimum atomic E-state index is 0.335. The molecule has 3 heterocycles. The fourth-order valence-corrected chi connectivity index (χ4v) is 2.22. The highest BCUT2D eigenvalue weighted by atomic mass is 16.5. The van der Waals surface area contributed by atoms with Crippen LogP contribution in [0.2, 0.25) is 0 Å². The van der Waals surface area contributed by atoms with E-state index in [0.717, 1.165) is 36.6 Å². The molecule has 0 saturated carbocycles. The summed E-state index contributed by atoms with van der Waals surface area (Å²) in [4.78, 5) is 10.9. The molecular formula is C11H15N5O. The number of hydrogen-bond donors (Lipinski definition) is 0. The Kier molecular flexibility index (Phi) is 2.44. The highest BCUT2D eigenvalue weighted by Gasteiger charge is 2.22. The monoisotopic (exact) mass is 233 g/mol. The predicted octanol–water partition coefficient (Wildman–Crippen LogP) is 0.588. The van der Waals surface area contributed by atoms with Gasteiger partial charge >= 0.3 is 0 Å². The molecule has 0 unspecified atom stereocenters. The first-order valence-corrected chi connectivity index (χ1v) is 5.74. The molecule has 6 nitrogen and oxygen atoms in total. The number of aromatic nitrogens is 4. The third kappa shape index (κ3) is 1.64. The third-order valence-corrected chi connectivity index (χ3v) is 3.15. The van der Waals surface area contributed by atoms with Crippen molar-refractivity contribution in [1.82, 2.24) is 19.7 Å². The number of aryl methyl sites for hydroxylation is 1. The van der Waals surface area contributed by atoms with E-state index in [1.54, 1.807) is 11.0 Å². The van der Waals surface area contributed by atoms with Gasteiger partial charge in [0.1, 0.15) is 12.1 Å². The van der Waals surface area contributed by atoms with Gasteiger partial charge in [0.2, 0.25) is 0 Å². The first kappa shape index (κ1) is 10.5. The highest BCUT2D eigenvalue weighted by Crippen LogP contribution is 2.24. The lowest BCUT2D eigenvalue weighted by Crippen LogP contribution is -2.44. The summed E-state index contributed by atoms with van der Waals surface area (Å²) in [5.74, 6) is 0.957. The summed E-state index contributed by atoms with van der Waals surface area (Å²) in [6.07, 6.45) is 3.42. The molecule has 1 atom stereocenters. The topological polar surface area (TPSA) is 56.1 Å². The number of fused-ring (bicyclic) bond motifs is 1. The van der Waals surface area contributed by atoms with Crippen molar-refractivity contribution in [3.63, 3.8) is 0 Å². The van der Waals surface area contributed by atoms with Crippen molar-refractivity contribution < 1.29 is 4.74 Å². The maximum absolute atomic E-state index is 5.44. The molecule has 6 heteroatoms. The molecule has 1 aliphatic heterocycles. The van der Waals surface area contributed by atoms with Gasteiger partial charge in [-0.2, -0.15) is 5.10 Å². The van der Waals surface area contributed by atoms with Crippen LogP contribution in [-0.2, 0) is 11.8 Å². The predicted molar refractivity (Wildman–Crippen MR) is 63.9 cm³/mol. The lowest BCUT2D eigenvalue weighted by molar-refractivity contribution is 0.0987. The summed E-state index contributed by atoms with van der Waals surface area (Å²) in [5, 5.41) is 5.24. The van der Waals surface area contributed by atoms with Crippen LogP contribution in [0.3, 0.4) is 0 Å². The van der Waals surface area contributed by atoms with Crippen LogP contribution in [0.4, 0.5) is 5.82 Å². The maximum atomic E-state index is 5.44. The van der Waals surface area contributed by atoms with Crippen LogP contribution in [0.5, 0.6) is 0 Å². The average molecular weight is 233 g/mol. The number of nitrogens with zero attached hydrogens (tertiary/aromatic N) is 5. The van der Waals surface area contributed by atoms with Crippen LogP contribution in [0, 0.1) is 0 Å². The molecule has 3 rings (SSSR count). The smallest absolute Gasteiger partial charge is 0.163 e. The number of morpholine rings is 1. The summed E-state index contributed by atoms with van der Waals surface area (Å²) < 4.78 is 7.21. The number of ether oxygens (including phenoxy) is 1. The van der Waals surface area contributed by atoms with Gasteiger partial charge in [-0.1, -0.05) is 0 Å². The molecule has 0 aromatic carbocycles. The fourth-order valence-electron chi connectivity index (χ4n) is 2.22. The van der Waals surface area contributed by atoms with Crippen molar-refractivity contribution in [1.29, 1.82) is 0 Å². The number of anilines is 1. The molecule has 0 aliphatic carbocycles. The van der Waals surface area contributed by atoms with Gasteiger partial charge in [0.15, 0.2) is 5.65 Å². The molecule has 17 heavy (non-hydrogen) atoms. The Bertz CT molecular complexity index is 538. The van der Waals surface area contributed by atoms with Crippen molar-refractivity contribution in [2.24, 2.45) is 7.05 Å². The van der Waals surface area contributed by atoms with Crippen LogP contribution < -0.4 is 4.90 Å². The van der Waals surface area contributed by atoms with Crippen LogP contribution in [0.15, 0.2) is 12.5 Å². The summed E-state index contributed by atoms with van der Waals surface area (Å²) >= 11 is 0. The number of hydrogen-bond acceptors (Lipinski definition) is 5. The van der Waals surface area contributed by atoms with Crippen LogP contribution in [-0.4, -0.2) is 45.5 Å². The van der Waals surface area contributed by atoms with Crippen LogP contribution in [0.25, 0.3) is 11.0 Å². The molecule has 0 N–H and O–H groups in total. The van der Waals surface area contributed by atoms with Gasteiger partial charge in [-0.15, -0.1) is 0 Å². The largest absolute Gasteiger partial charge is 0.377 e. The van der Waals surface area contributed by atoms with Gasteiger partial charge in [-0.05, 0) is 6.92 Å². The van der Waals surface area contributed by atoms with E-state index in [0.29, 0.717) is 6.04 Å². The van der Waals surface area contributed by atoms with Crippen molar-refractivity contribution in [2.75, 3.05) is 24.7 Å². The molecule has 90 valence electrons. The van der Waals surface area contributed by atoms with Gasteiger partial charge in [0.05, 0.1) is 30.8 Å². The van der Waals surface area contributed by atoms with Crippen molar-refractivity contribution in [3.05, 3.63) is 12.5 Å². The van der Waals surface area contributed by atoms with E-state index >= 15 is 0 Å². The first-order chi connectivity index (χ1) is 8.27. The first-order valence-electron chi connectivity index (χ1n) is 5.74. The van der Waals surface area contributed by atoms with E-state index in [2.05, 4.69) is 26.9 Å². The van der Waals surface area contributed by atoms with Crippen molar-refractivity contribution in [2.45, 2.75) is 13.0 Å². The summed E-state index contributed by atoms with van der Waals surface area (Å²) in [6.45, 7) is 4.49. The molecule has 1 fully saturated rings. The summed E-state index contributed by atoms with van der Waals surface area (Å²) in [5.41, 5.74) is 0.869. The molecule has 0 bridgehead atoms. The Morgan fingerprint density at radius 3 is 3.12 bits per heavy atom. The van der Waals surface area contributed by atoms with Gasteiger partial charge in [-0.3, -0.25) is 4.68 Å². The molecule has 2 aromatic heterocycles. The van der Waals surface area contributed by atoms with E-state index in [-0.39, 0.29) is 0 Å². The number of rotatable bonds is 1. The van der Waals surface area contributed by atoms with E-state index in [1.807, 2.05) is 13.2 Å². The second kappa shape index (κ2) is 3.96. The minimum absolute atomic E-state index is 0.335. The zero-order chi connectivity index (χ0) is 11.8. The van der Waals surface area contributed by atoms with Crippen molar-refractivity contribution in [3.8, 4) is 0 Å². The Morgan fingerprint density at radius 1 is 1.41 bits per heavy atom. The van der Waals surface area contributed by atoms with Gasteiger partial charge < -0.3 is 9.64 Å². The molecule has 2 aromatic rings. The van der Waals surface area contributed by atoms with E-state index in [9.17, 15) is 0 Å². The van der Waals surface area contributed by atoms with E-state index in [4.69, 9.17) is 4.74 Å². The third-order valence-electron chi connectivity index (χ3n) is 3.15. The quantitative estimate of drug-likeness (QED) is 0.721. The van der Waals surface area contributed by atoms with Gasteiger partial charge in [0, 0.05) is 13.6 Å². The fraction of sp³-hybridized carbons (Fsp3) is 0.545. The maximum Gasteiger partial charge on any atom is 0.163 e. The zero-order valence-electron chi connectivity index (χ0n) is 10.00. The molecule has 1 saturated heterocycles. The molecule has 0 amide bonds. The highest BCUT2D eigenvalue weighted by molar-refractivity contribution is 5.86. The second-order valence-corrected chi connectivity index (χ2v) is 4.32. The van der Waals surface area contributed by atoms with Crippen LogP contribution >= 0.6 is 0 Å². The summed E-state index contributed by atoms with van der Waals surface area (Å²) in [6, 6.07) is 0.335. The Hall–Kier alpha value is -1.69. The molecular weight excluding hydrogens is 218 g/mol. The Balaban J connectivity index is 2.10. The van der Waals surface area contributed by atoms with E-state index < -0.39 is 0 Å². The Morgan fingerprint density at radius 2 is 2.29 bits per heavy atom. The lowest BCUT2D eigenvalue weighted by Gasteiger charge is -2.34. The lowest BCUT2D eigenvalue weighted by atomic mass is 10.2. The average Bonchev–Trinajstić information content (AvgIpc) is 2.72. The molecule has 0 spiro atoms. The Labute approximate surface area is 99.2 Å². The van der Waals surface area contributed by atoms with Crippen LogP contribution in [0.1, 0.15) is 6.92 Å². The normalized spacial score (nSPS) is 21.1. The standard InChI is InChI=1S/C11H15N5O/c1-8-6-17-4-3-16(8)11-9-5-14-15(2)10(9)12-7-13-11/h5,7-8H,3-4,6H2,1-2H3/t8-/m0/s1. The van der Waals surface area contributed by atoms with Crippen molar-refractivity contribution >= 4 is 16.9 Å². The van der Waals surface area contributed by atoms with E-state index in [1.165, 1.54) is 0 Å². The SMILES string of the molecule is C[C@H]1COCCN1c1ncnc2c1cnn2C. The zero-order valence-corrected chi connectivity index (χ0v) is 10.00. The molecule has 1 aliphatic rings. The minimum Gasteiger partial charge on any atom is -0.377 e. The second-order valence-electron chi connectivity index (χ2n) is 4.32. The summed E-state index contributed by atoms with van der Waals surface area (Å²) in [7, 11) is 1.89. The van der Waals surface area contributed by atoms with Gasteiger partial charge in [0.25, 0.3) is 0 Å². The molecule has 0 radical (unpaired) electrons.